The maximum Gasteiger partial charge on any atom is 0.324 e. The van der Waals surface area contributed by atoms with E-state index in [1.807, 2.05) is 41.5 Å². The monoisotopic (exact) mass is 456 g/mol. The summed E-state index contributed by atoms with van der Waals surface area (Å²) < 4.78 is 33.1. The normalized spacial score (nSPS) is 18.8. The first-order chi connectivity index (χ1) is 15.0. The Morgan fingerprint density at radius 2 is 1.65 bits per heavy atom. The highest BCUT2D eigenvalue weighted by molar-refractivity contribution is 7.98. The van der Waals surface area contributed by atoms with Gasteiger partial charge in [0.2, 0.25) is 10.0 Å². The maximum absolute atomic E-state index is 13.0. The maximum atomic E-state index is 13.0. The van der Waals surface area contributed by atoms with Crippen LogP contribution in [-0.4, -0.2) is 55.3 Å². The van der Waals surface area contributed by atoms with Gasteiger partial charge in [-0.05, 0) is 48.9 Å². The number of thioether (sulfide) groups is 1. The molecule has 3 aromatic rings. The van der Waals surface area contributed by atoms with Crippen molar-refractivity contribution in [3.63, 3.8) is 0 Å². The van der Waals surface area contributed by atoms with Gasteiger partial charge in [0.05, 0.1) is 10.3 Å². The molecule has 1 saturated heterocycles. The topological polar surface area (TPSA) is 79.5 Å². The molecule has 5 rings (SSSR count). The van der Waals surface area contributed by atoms with Crippen LogP contribution >= 0.6 is 11.8 Å². The number of hydrogen-bond donors (Lipinski definition) is 0. The van der Waals surface area contributed by atoms with Gasteiger partial charge in [0, 0.05) is 31.1 Å². The minimum absolute atomic E-state index is 0.142. The van der Waals surface area contributed by atoms with Crippen molar-refractivity contribution >= 4 is 27.8 Å². The summed E-state index contributed by atoms with van der Waals surface area (Å²) in [5, 5.41) is 4.27. The van der Waals surface area contributed by atoms with Crippen LogP contribution < -0.4 is 4.90 Å². The van der Waals surface area contributed by atoms with Crippen molar-refractivity contribution in [2.45, 2.75) is 28.0 Å². The average molecular weight is 457 g/mol. The van der Waals surface area contributed by atoms with Crippen LogP contribution in [0.2, 0.25) is 0 Å². The van der Waals surface area contributed by atoms with Crippen LogP contribution in [0.4, 0.5) is 6.01 Å². The minimum Gasteiger partial charge on any atom is -0.322 e. The lowest BCUT2D eigenvalue weighted by Gasteiger charge is -2.32. The fourth-order valence-corrected chi connectivity index (χ4v) is 5.91. The molecule has 0 amide bonds. The van der Waals surface area contributed by atoms with Crippen LogP contribution in [0.15, 0.2) is 68.9 Å². The number of benzene rings is 2. The molecule has 0 bridgehead atoms. The summed E-state index contributed by atoms with van der Waals surface area (Å²) in [6, 6.07) is 17.8. The summed E-state index contributed by atoms with van der Waals surface area (Å²) in [4.78, 5) is 8.03. The number of piperazine rings is 1. The molecule has 31 heavy (non-hydrogen) atoms. The summed E-state index contributed by atoms with van der Waals surface area (Å²) in [6.45, 7) is 1.80. The minimum atomic E-state index is -3.51. The second-order valence-corrected chi connectivity index (χ2v) is 10.7. The Hall–Kier alpha value is -2.36. The Labute approximate surface area is 186 Å². The lowest BCUT2D eigenvalue weighted by atomic mass is 9.95. The molecule has 2 fully saturated rings. The number of rotatable bonds is 6. The first kappa shape index (κ1) is 20.5. The van der Waals surface area contributed by atoms with Gasteiger partial charge in [-0.1, -0.05) is 35.5 Å². The van der Waals surface area contributed by atoms with E-state index in [0.717, 1.165) is 23.6 Å². The zero-order valence-corrected chi connectivity index (χ0v) is 18.9. The largest absolute Gasteiger partial charge is 0.324 e. The molecular weight excluding hydrogens is 432 g/mol. The lowest BCUT2D eigenvalue weighted by Crippen LogP contribution is -2.48. The van der Waals surface area contributed by atoms with E-state index in [0.29, 0.717) is 37.1 Å². The first-order valence-corrected chi connectivity index (χ1v) is 13.0. The second-order valence-electron chi connectivity index (χ2n) is 7.92. The number of aromatic nitrogens is 2. The highest BCUT2D eigenvalue weighted by Gasteiger charge is 2.50. The van der Waals surface area contributed by atoms with Crippen LogP contribution in [0.1, 0.15) is 24.2 Å². The predicted octanol–water partition coefficient (Wildman–Crippen LogP) is 3.38. The van der Waals surface area contributed by atoms with Crippen LogP contribution in [0.3, 0.4) is 0 Å². The number of nitrogens with zero attached hydrogens (tertiary/aromatic N) is 4. The molecule has 2 heterocycles. The summed E-state index contributed by atoms with van der Waals surface area (Å²) in [5.74, 6) is 0.720. The Bertz CT molecular complexity index is 1150. The van der Waals surface area contributed by atoms with Gasteiger partial charge in [-0.3, -0.25) is 0 Å². The smallest absolute Gasteiger partial charge is 0.322 e. The molecular formula is C22H24N4O3S2. The highest BCUT2D eigenvalue weighted by atomic mass is 32.2. The van der Waals surface area contributed by atoms with E-state index in [2.05, 4.69) is 22.3 Å². The van der Waals surface area contributed by atoms with Crippen LogP contribution in [0, 0.1) is 0 Å². The van der Waals surface area contributed by atoms with E-state index in [4.69, 9.17) is 4.52 Å². The number of anilines is 1. The molecule has 7 nitrogen and oxygen atoms in total. The van der Waals surface area contributed by atoms with Gasteiger partial charge in [0.25, 0.3) is 0 Å². The Morgan fingerprint density at radius 1 is 0.968 bits per heavy atom. The third-order valence-corrected chi connectivity index (χ3v) is 8.78. The highest BCUT2D eigenvalue weighted by Crippen LogP contribution is 2.52. The molecule has 162 valence electrons. The molecule has 0 spiro atoms. The molecule has 0 radical (unpaired) electrons. The van der Waals surface area contributed by atoms with Gasteiger partial charge < -0.3 is 9.42 Å². The number of hydrogen-bond acceptors (Lipinski definition) is 7. The van der Waals surface area contributed by atoms with Gasteiger partial charge in [0.1, 0.15) is 0 Å². The van der Waals surface area contributed by atoms with Gasteiger partial charge in [-0.15, -0.1) is 11.8 Å². The Morgan fingerprint density at radius 3 is 2.26 bits per heavy atom. The van der Waals surface area contributed by atoms with E-state index >= 15 is 0 Å². The zero-order valence-electron chi connectivity index (χ0n) is 17.3. The molecule has 0 N–H and O–H groups in total. The average Bonchev–Trinajstić information content (AvgIpc) is 3.49. The van der Waals surface area contributed by atoms with E-state index < -0.39 is 10.0 Å². The van der Waals surface area contributed by atoms with Gasteiger partial charge in [-0.25, -0.2) is 8.42 Å². The van der Waals surface area contributed by atoms with Crippen LogP contribution in [0.5, 0.6) is 0 Å². The van der Waals surface area contributed by atoms with Gasteiger partial charge in [0.15, 0.2) is 5.82 Å². The quantitative estimate of drug-likeness (QED) is 0.526. The standard InChI is InChI=1S/C22H24N4O3S2/c1-30-18-7-9-19(10-8-18)31(27,28)26-15-13-25(14-16-26)21-23-20(24-29-21)22(11-12-22)17-5-3-2-4-6-17/h2-10H,11-16H2,1H3. The van der Waals surface area contributed by atoms with Crippen LogP contribution in [-0.2, 0) is 15.4 Å². The van der Waals surface area contributed by atoms with E-state index in [1.165, 1.54) is 9.87 Å². The Kier molecular flexibility index (Phi) is 5.27. The van der Waals surface area contributed by atoms with Gasteiger partial charge >= 0.3 is 6.01 Å². The van der Waals surface area contributed by atoms with Crippen molar-refractivity contribution in [2.24, 2.45) is 0 Å². The molecule has 0 atom stereocenters. The molecule has 2 aliphatic rings. The zero-order chi connectivity index (χ0) is 21.5. The third kappa shape index (κ3) is 3.75. The number of sulfonamides is 1. The van der Waals surface area contributed by atoms with Gasteiger partial charge in [-0.2, -0.15) is 9.29 Å². The van der Waals surface area contributed by atoms with E-state index in [-0.39, 0.29) is 5.41 Å². The SMILES string of the molecule is CSc1ccc(S(=O)(=O)N2CCN(c3nc(C4(c5ccccc5)CC4)no3)CC2)cc1. The molecule has 0 unspecified atom stereocenters. The third-order valence-electron chi connectivity index (χ3n) is 6.13. The van der Waals surface area contributed by atoms with Crippen molar-refractivity contribution in [3.05, 3.63) is 66.0 Å². The first-order valence-electron chi connectivity index (χ1n) is 10.3. The lowest BCUT2D eigenvalue weighted by molar-refractivity contribution is 0.352. The summed E-state index contributed by atoms with van der Waals surface area (Å²) in [7, 11) is -3.51. The van der Waals surface area contributed by atoms with E-state index in [9.17, 15) is 8.42 Å². The molecule has 1 aliphatic carbocycles. The van der Waals surface area contributed by atoms with Crippen molar-refractivity contribution in [3.8, 4) is 0 Å². The van der Waals surface area contributed by atoms with E-state index in [1.54, 1.807) is 23.9 Å². The van der Waals surface area contributed by atoms with Crippen molar-refractivity contribution < 1.29 is 12.9 Å². The van der Waals surface area contributed by atoms with Crippen molar-refractivity contribution in [1.82, 2.24) is 14.4 Å². The molecule has 2 aromatic carbocycles. The predicted molar refractivity (Wildman–Crippen MR) is 120 cm³/mol. The molecule has 1 saturated carbocycles. The molecule has 1 aliphatic heterocycles. The fourth-order valence-electron chi connectivity index (χ4n) is 4.08. The van der Waals surface area contributed by atoms with Crippen LogP contribution in [0.25, 0.3) is 0 Å². The summed E-state index contributed by atoms with van der Waals surface area (Å²) in [6.07, 6.45) is 3.99. The molecule has 9 heteroatoms. The van der Waals surface area contributed by atoms with Crippen molar-refractivity contribution in [2.75, 3.05) is 37.3 Å². The summed E-state index contributed by atoms with van der Waals surface area (Å²) in [5.41, 5.74) is 1.07. The fraction of sp³-hybridized carbons (Fsp3) is 0.364. The van der Waals surface area contributed by atoms with Crippen molar-refractivity contribution in [1.29, 1.82) is 0 Å². The second kappa shape index (κ2) is 7.96. The summed E-state index contributed by atoms with van der Waals surface area (Å²) >= 11 is 1.59. The Balaban J connectivity index is 1.27. The molecule has 1 aromatic heterocycles.